The van der Waals surface area contributed by atoms with Crippen molar-refractivity contribution in [3.63, 3.8) is 0 Å². The van der Waals surface area contributed by atoms with E-state index >= 15 is 0 Å². The Morgan fingerprint density at radius 3 is 2.33 bits per heavy atom. The molecular formula is C31H35Cl2N3O6. The van der Waals surface area contributed by atoms with Gasteiger partial charge in [-0.3, -0.25) is 19.2 Å². The van der Waals surface area contributed by atoms with Crippen molar-refractivity contribution in [2.45, 2.75) is 76.2 Å². The zero-order valence-corrected chi connectivity index (χ0v) is 25.1. The number of fused-ring (bicyclic) bond motifs is 1. The van der Waals surface area contributed by atoms with Crippen LogP contribution in [0.4, 0.5) is 0 Å². The minimum atomic E-state index is -0.804. The first-order chi connectivity index (χ1) is 20.2. The molecular weight excluding hydrogens is 581 g/mol. The molecule has 2 aromatic rings. The lowest BCUT2D eigenvalue weighted by molar-refractivity contribution is -0.197. The van der Waals surface area contributed by atoms with Crippen LogP contribution >= 0.6 is 23.2 Å². The SMILES string of the molecule is CN(C(=O)CCCCCNC(=O)CCC(=O)ON1C(=O)CCC1=O)C1CCC(c2ccc(Cl)c(Cl)c2)c2ccccc21. The molecule has 0 radical (unpaired) electrons. The number of nitrogens with zero attached hydrogens (tertiary/aromatic N) is 2. The summed E-state index contributed by atoms with van der Waals surface area (Å²) in [6.45, 7) is 0.424. The van der Waals surface area contributed by atoms with Crippen molar-refractivity contribution >= 4 is 52.8 Å². The summed E-state index contributed by atoms with van der Waals surface area (Å²) in [5.74, 6) is -1.96. The minimum Gasteiger partial charge on any atom is -0.356 e. The molecule has 0 saturated carbocycles. The summed E-state index contributed by atoms with van der Waals surface area (Å²) in [5, 5.41) is 4.28. The standard InChI is InChI=1S/C31H35Cl2N3O6/c1-35(26-13-11-21(22-7-4-5-8-23(22)26)20-10-12-24(32)25(33)19-20)28(38)9-3-2-6-18-34-27(37)14-17-31(41)42-36-29(39)15-16-30(36)40/h4-5,7-8,10,12,19,21,26H,2-3,6,9,11,13-18H2,1H3,(H,34,37). The molecule has 1 heterocycles. The molecule has 4 rings (SSSR count). The van der Waals surface area contributed by atoms with Crippen LogP contribution in [-0.2, 0) is 28.8 Å². The van der Waals surface area contributed by atoms with Crippen molar-refractivity contribution in [2.75, 3.05) is 13.6 Å². The van der Waals surface area contributed by atoms with Crippen LogP contribution in [-0.4, -0.2) is 53.2 Å². The smallest absolute Gasteiger partial charge is 0.333 e. The Hall–Kier alpha value is -3.43. The lowest BCUT2D eigenvalue weighted by Crippen LogP contribution is -2.34. The molecule has 11 heteroatoms. The second-order valence-corrected chi connectivity index (χ2v) is 11.5. The fraction of sp³-hybridized carbons (Fsp3) is 0.452. The van der Waals surface area contributed by atoms with Crippen LogP contribution in [0.1, 0.15) is 92.9 Å². The van der Waals surface area contributed by atoms with Crippen LogP contribution in [0.5, 0.6) is 0 Å². The second kappa shape index (κ2) is 14.6. The van der Waals surface area contributed by atoms with Gasteiger partial charge >= 0.3 is 5.97 Å². The fourth-order valence-corrected chi connectivity index (χ4v) is 5.82. The Morgan fingerprint density at radius 2 is 1.62 bits per heavy atom. The monoisotopic (exact) mass is 615 g/mol. The second-order valence-electron chi connectivity index (χ2n) is 10.7. The summed E-state index contributed by atoms with van der Waals surface area (Å²) in [5.41, 5.74) is 3.47. The van der Waals surface area contributed by atoms with Crippen LogP contribution in [0, 0.1) is 0 Å². The average molecular weight is 617 g/mol. The number of halogens is 2. The number of amides is 4. The third kappa shape index (κ3) is 7.89. The first-order valence-electron chi connectivity index (χ1n) is 14.3. The van der Waals surface area contributed by atoms with E-state index in [1.807, 2.05) is 42.3 Å². The molecule has 1 saturated heterocycles. The highest BCUT2D eigenvalue weighted by molar-refractivity contribution is 6.42. The number of hydrogen-bond acceptors (Lipinski definition) is 6. The van der Waals surface area contributed by atoms with Crippen molar-refractivity contribution in [3.05, 3.63) is 69.2 Å². The highest BCUT2D eigenvalue weighted by Gasteiger charge is 2.33. The van der Waals surface area contributed by atoms with Gasteiger partial charge in [-0.1, -0.05) is 60.0 Å². The van der Waals surface area contributed by atoms with E-state index in [0.29, 0.717) is 40.9 Å². The lowest BCUT2D eigenvalue weighted by Gasteiger charge is -2.37. The minimum absolute atomic E-state index is 0.000380. The van der Waals surface area contributed by atoms with E-state index in [0.717, 1.165) is 30.4 Å². The number of imide groups is 1. The van der Waals surface area contributed by atoms with Gasteiger partial charge in [-0.15, -0.1) is 5.06 Å². The number of unbranched alkanes of at least 4 members (excludes halogenated alkanes) is 2. The molecule has 1 fully saturated rings. The summed E-state index contributed by atoms with van der Waals surface area (Å²) >= 11 is 12.4. The predicted octanol–water partition coefficient (Wildman–Crippen LogP) is 5.48. The number of benzene rings is 2. The Morgan fingerprint density at radius 1 is 0.905 bits per heavy atom. The molecule has 42 heavy (non-hydrogen) atoms. The molecule has 1 aliphatic carbocycles. The lowest BCUT2D eigenvalue weighted by atomic mass is 9.76. The van der Waals surface area contributed by atoms with E-state index in [-0.39, 0.29) is 49.5 Å². The average Bonchev–Trinajstić information content (AvgIpc) is 3.30. The highest BCUT2D eigenvalue weighted by atomic mass is 35.5. The maximum Gasteiger partial charge on any atom is 0.333 e. The Labute approximate surface area is 255 Å². The molecule has 1 aliphatic heterocycles. The van der Waals surface area contributed by atoms with E-state index < -0.39 is 17.8 Å². The largest absolute Gasteiger partial charge is 0.356 e. The molecule has 2 aromatic carbocycles. The van der Waals surface area contributed by atoms with E-state index in [4.69, 9.17) is 28.0 Å². The predicted molar refractivity (Wildman–Crippen MR) is 157 cm³/mol. The van der Waals surface area contributed by atoms with Gasteiger partial charge in [0.1, 0.15) is 0 Å². The van der Waals surface area contributed by atoms with Crippen molar-refractivity contribution in [1.82, 2.24) is 15.3 Å². The molecule has 2 aliphatic rings. The van der Waals surface area contributed by atoms with E-state index in [2.05, 4.69) is 17.4 Å². The maximum absolute atomic E-state index is 13.1. The van der Waals surface area contributed by atoms with Crippen LogP contribution < -0.4 is 5.32 Å². The van der Waals surface area contributed by atoms with Crippen molar-refractivity contribution in [1.29, 1.82) is 0 Å². The van der Waals surface area contributed by atoms with Gasteiger partial charge in [0.2, 0.25) is 11.8 Å². The van der Waals surface area contributed by atoms with Crippen LogP contribution in [0.25, 0.3) is 0 Å². The number of rotatable bonds is 12. The van der Waals surface area contributed by atoms with Gasteiger partial charge in [-0.05, 0) is 54.5 Å². The van der Waals surface area contributed by atoms with Crippen LogP contribution in [0.15, 0.2) is 42.5 Å². The van der Waals surface area contributed by atoms with Gasteiger partial charge in [0.25, 0.3) is 11.8 Å². The Kier molecular flexibility index (Phi) is 11.0. The topological polar surface area (TPSA) is 113 Å². The molecule has 224 valence electrons. The molecule has 4 amide bonds. The Bertz CT molecular complexity index is 1330. The van der Waals surface area contributed by atoms with Crippen molar-refractivity contribution in [3.8, 4) is 0 Å². The summed E-state index contributed by atoms with van der Waals surface area (Å²) in [6, 6.07) is 14.0. The number of hydroxylamine groups is 2. The maximum atomic E-state index is 13.1. The Balaban J connectivity index is 1.16. The fourth-order valence-electron chi connectivity index (χ4n) is 5.51. The summed E-state index contributed by atoms with van der Waals surface area (Å²) < 4.78 is 0. The molecule has 1 N–H and O–H groups in total. The van der Waals surface area contributed by atoms with Crippen LogP contribution in [0.3, 0.4) is 0 Å². The number of hydrogen-bond donors (Lipinski definition) is 1. The molecule has 9 nitrogen and oxygen atoms in total. The first kappa shape index (κ1) is 31.5. The van der Waals surface area contributed by atoms with Gasteiger partial charge in [0, 0.05) is 45.2 Å². The quantitative estimate of drug-likeness (QED) is 0.250. The van der Waals surface area contributed by atoms with Gasteiger partial charge < -0.3 is 15.1 Å². The zero-order valence-electron chi connectivity index (χ0n) is 23.6. The van der Waals surface area contributed by atoms with E-state index in [9.17, 15) is 24.0 Å². The first-order valence-corrected chi connectivity index (χ1v) is 15.0. The van der Waals surface area contributed by atoms with Gasteiger partial charge in [-0.2, -0.15) is 0 Å². The normalized spacial score (nSPS) is 18.0. The van der Waals surface area contributed by atoms with E-state index in [1.165, 1.54) is 5.56 Å². The van der Waals surface area contributed by atoms with E-state index in [1.54, 1.807) is 0 Å². The number of carbonyl (C=O) groups excluding carboxylic acids is 5. The third-order valence-electron chi connectivity index (χ3n) is 7.81. The number of nitrogens with one attached hydrogen (secondary N) is 1. The van der Waals surface area contributed by atoms with Crippen molar-refractivity contribution in [2.24, 2.45) is 0 Å². The zero-order chi connectivity index (χ0) is 30.2. The molecule has 0 aromatic heterocycles. The molecule has 0 bridgehead atoms. The molecule has 0 spiro atoms. The van der Waals surface area contributed by atoms with Gasteiger partial charge in [0.05, 0.1) is 22.5 Å². The summed E-state index contributed by atoms with van der Waals surface area (Å²) in [7, 11) is 1.87. The number of carbonyl (C=O) groups is 5. The van der Waals surface area contributed by atoms with Crippen LogP contribution in [0.2, 0.25) is 10.0 Å². The highest BCUT2D eigenvalue weighted by Crippen LogP contribution is 2.44. The van der Waals surface area contributed by atoms with Gasteiger partial charge in [-0.25, -0.2) is 4.79 Å². The molecule has 2 unspecified atom stereocenters. The molecule has 2 atom stereocenters. The summed E-state index contributed by atoms with van der Waals surface area (Å²) in [4.78, 5) is 66.5. The van der Waals surface area contributed by atoms with Gasteiger partial charge in [0.15, 0.2) is 0 Å². The summed E-state index contributed by atoms with van der Waals surface area (Å²) in [6.07, 6.45) is 4.01. The van der Waals surface area contributed by atoms with Crippen molar-refractivity contribution < 1.29 is 28.8 Å². The third-order valence-corrected chi connectivity index (χ3v) is 8.55.